The molecule has 0 aromatic heterocycles. The smallest absolute Gasteiger partial charge is 0.253 e. The van der Waals surface area contributed by atoms with E-state index >= 15 is 0 Å². The van der Waals surface area contributed by atoms with Gasteiger partial charge in [0.15, 0.2) is 0 Å². The van der Waals surface area contributed by atoms with Gasteiger partial charge in [-0.05, 0) is 23.8 Å². The van der Waals surface area contributed by atoms with Gasteiger partial charge in [0, 0.05) is 39.8 Å². The molecule has 18 heavy (non-hydrogen) atoms. The number of carbonyl (C=O) groups is 2. The first-order valence-electron chi connectivity index (χ1n) is 5.63. The summed E-state index contributed by atoms with van der Waals surface area (Å²) in [6.07, 6.45) is 3.19. The topological polar surface area (TPSA) is 40.6 Å². The largest absolute Gasteiger partial charge is 0.345 e. The summed E-state index contributed by atoms with van der Waals surface area (Å²) in [5.74, 6) is -0.136. The maximum atomic E-state index is 11.8. The standard InChI is InChI=1S/C14H18N2O2/c1-15(2)13(17)9-8-11-6-5-7-12(10-11)14(18)16(3)4/h5-10H,1-4H3/b9-8-. The van der Waals surface area contributed by atoms with Crippen LogP contribution in [-0.2, 0) is 4.79 Å². The van der Waals surface area contributed by atoms with E-state index in [4.69, 9.17) is 0 Å². The Bertz CT molecular complexity index is 476. The van der Waals surface area contributed by atoms with Crippen molar-refractivity contribution >= 4 is 17.9 Å². The highest BCUT2D eigenvalue weighted by Gasteiger charge is 2.07. The summed E-state index contributed by atoms with van der Waals surface area (Å²) in [4.78, 5) is 26.2. The number of hydrogen-bond donors (Lipinski definition) is 0. The first-order chi connectivity index (χ1) is 8.41. The molecule has 0 bridgehead atoms. The molecule has 0 aliphatic carbocycles. The quantitative estimate of drug-likeness (QED) is 0.758. The first-order valence-corrected chi connectivity index (χ1v) is 5.63. The number of rotatable bonds is 3. The fraction of sp³-hybridized carbons (Fsp3) is 0.286. The number of likely N-dealkylation sites (N-methyl/N-ethyl adjacent to an activating group) is 1. The normalized spacial score (nSPS) is 10.4. The molecule has 0 fully saturated rings. The van der Waals surface area contributed by atoms with E-state index in [0.29, 0.717) is 5.56 Å². The molecule has 1 aromatic rings. The molecule has 0 heterocycles. The molecule has 0 unspecified atom stereocenters. The van der Waals surface area contributed by atoms with Crippen LogP contribution in [0.25, 0.3) is 6.08 Å². The number of nitrogens with zero attached hydrogens (tertiary/aromatic N) is 2. The molecule has 0 N–H and O–H groups in total. The van der Waals surface area contributed by atoms with Gasteiger partial charge in [-0.15, -0.1) is 0 Å². The first kappa shape index (κ1) is 14.0. The monoisotopic (exact) mass is 246 g/mol. The Labute approximate surface area is 108 Å². The molecule has 2 amide bonds. The van der Waals surface area contributed by atoms with Gasteiger partial charge in [0.25, 0.3) is 5.91 Å². The lowest BCUT2D eigenvalue weighted by Crippen LogP contribution is -2.21. The summed E-state index contributed by atoms with van der Waals surface area (Å²) in [6.45, 7) is 0. The molecule has 0 aliphatic rings. The minimum atomic E-state index is -0.0839. The summed E-state index contributed by atoms with van der Waals surface area (Å²) in [5, 5.41) is 0. The zero-order valence-electron chi connectivity index (χ0n) is 11.2. The Morgan fingerprint density at radius 1 is 1.06 bits per heavy atom. The van der Waals surface area contributed by atoms with E-state index in [1.54, 1.807) is 52.5 Å². The van der Waals surface area contributed by atoms with Crippen molar-refractivity contribution in [2.24, 2.45) is 0 Å². The van der Waals surface area contributed by atoms with Crippen LogP contribution < -0.4 is 0 Å². The lowest BCUT2D eigenvalue weighted by atomic mass is 10.1. The van der Waals surface area contributed by atoms with Crippen LogP contribution in [0.15, 0.2) is 30.3 Å². The predicted octanol–water partition coefficient (Wildman–Crippen LogP) is 1.49. The molecular weight excluding hydrogens is 228 g/mol. The SMILES string of the molecule is CN(C)C(=O)/C=C\c1cccc(C(=O)N(C)C)c1. The molecule has 0 spiro atoms. The summed E-state index contributed by atoms with van der Waals surface area (Å²) in [5.41, 5.74) is 1.44. The van der Waals surface area contributed by atoms with Gasteiger partial charge in [0.1, 0.15) is 0 Å². The van der Waals surface area contributed by atoms with Crippen molar-refractivity contribution in [3.05, 3.63) is 41.5 Å². The second-order valence-electron chi connectivity index (χ2n) is 4.39. The Kier molecular flexibility index (Phi) is 4.66. The molecule has 0 aliphatic heterocycles. The summed E-state index contributed by atoms with van der Waals surface area (Å²) < 4.78 is 0. The van der Waals surface area contributed by atoms with Crippen molar-refractivity contribution in [3.8, 4) is 0 Å². The lowest BCUT2D eigenvalue weighted by Gasteiger charge is -2.10. The highest BCUT2D eigenvalue weighted by molar-refractivity contribution is 5.95. The van der Waals surface area contributed by atoms with Crippen LogP contribution in [0.2, 0.25) is 0 Å². The Morgan fingerprint density at radius 3 is 2.28 bits per heavy atom. The van der Waals surface area contributed by atoms with Crippen molar-refractivity contribution in [1.29, 1.82) is 0 Å². The molecular formula is C14H18N2O2. The summed E-state index contributed by atoms with van der Waals surface area (Å²) in [6, 6.07) is 7.18. The van der Waals surface area contributed by atoms with Crippen LogP contribution in [0, 0.1) is 0 Å². The predicted molar refractivity (Wildman–Crippen MR) is 72.2 cm³/mol. The second kappa shape index (κ2) is 6.00. The van der Waals surface area contributed by atoms with Crippen LogP contribution in [0.1, 0.15) is 15.9 Å². The van der Waals surface area contributed by atoms with Crippen molar-refractivity contribution in [1.82, 2.24) is 9.80 Å². The average Bonchev–Trinajstić information content (AvgIpc) is 2.35. The summed E-state index contributed by atoms with van der Waals surface area (Å²) in [7, 11) is 6.80. The van der Waals surface area contributed by atoms with Crippen LogP contribution in [0.3, 0.4) is 0 Å². The third-order valence-corrected chi connectivity index (χ3v) is 2.40. The Hall–Kier alpha value is -2.10. The van der Waals surface area contributed by atoms with E-state index in [2.05, 4.69) is 0 Å². The van der Waals surface area contributed by atoms with E-state index in [1.807, 2.05) is 6.07 Å². The third kappa shape index (κ3) is 3.73. The zero-order chi connectivity index (χ0) is 13.7. The van der Waals surface area contributed by atoms with Gasteiger partial charge in [-0.3, -0.25) is 9.59 Å². The number of hydrogen-bond acceptors (Lipinski definition) is 2. The van der Waals surface area contributed by atoms with Gasteiger partial charge in [0.05, 0.1) is 0 Å². The molecule has 0 saturated carbocycles. The van der Waals surface area contributed by atoms with Crippen LogP contribution in [0.4, 0.5) is 0 Å². The van der Waals surface area contributed by atoms with Gasteiger partial charge in [-0.2, -0.15) is 0 Å². The van der Waals surface area contributed by atoms with E-state index in [0.717, 1.165) is 5.56 Å². The molecule has 96 valence electrons. The molecule has 1 rings (SSSR count). The minimum Gasteiger partial charge on any atom is -0.345 e. The van der Waals surface area contributed by atoms with E-state index < -0.39 is 0 Å². The van der Waals surface area contributed by atoms with Gasteiger partial charge in [-0.25, -0.2) is 0 Å². The molecule has 0 radical (unpaired) electrons. The average molecular weight is 246 g/mol. The van der Waals surface area contributed by atoms with E-state index in [-0.39, 0.29) is 11.8 Å². The van der Waals surface area contributed by atoms with Crippen molar-refractivity contribution in [3.63, 3.8) is 0 Å². The summed E-state index contributed by atoms with van der Waals surface area (Å²) >= 11 is 0. The molecule has 4 nitrogen and oxygen atoms in total. The molecule has 0 saturated heterocycles. The maximum absolute atomic E-state index is 11.8. The highest BCUT2D eigenvalue weighted by atomic mass is 16.2. The van der Waals surface area contributed by atoms with Crippen molar-refractivity contribution in [2.45, 2.75) is 0 Å². The van der Waals surface area contributed by atoms with Crippen LogP contribution in [0.5, 0.6) is 0 Å². The fourth-order valence-corrected chi connectivity index (χ4v) is 1.35. The number of amides is 2. The van der Waals surface area contributed by atoms with Gasteiger partial charge < -0.3 is 9.80 Å². The van der Waals surface area contributed by atoms with Crippen LogP contribution >= 0.6 is 0 Å². The third-order valence-electron chi connectivity index (χ3n) is 2.40. The zero-order valence-corrected chi connectivity index (χ0v) is 11.2. The lowest BCUT2D eigenvalue weighted by molar-refractivity contribution is -0.123. The second-order valence-corrected chi connectivity index (χ2v) is 4.39. The highest BCUT2D eigenvalue weighted by Crippen LogP contribution is 2.09. The van der Waals surface area contributed by atoms with E-state index in [9.17, 15) is 9.59 Å². The van der Waals surface area contributed by atoms with Crippen LogP contribution in [-0.4, -0.2) is 49.8 Å². The minimum absolute atomic E-state index is 0.0517. The Morgan fingerprint density at radius 2 is 1.72 bits per heavy atom. The van der Waals surface area contributed by atoms with Gasteiger partial charge in [0.2, 0.25) is 5.91 Å². The fourth-order valence-electron chi connectivity index (χ4n) is 1.35. The molecule has 0 atom stereocenters. The Balaban J connectivity index is 2.90. The van der Waals surface area contributed by atoms with Crippen molar-refractivity contribution < 1.29 is 9.59 Å². The van der Waals surface area contributed by atoms with Crippen molar-refractivity contribution in [2.75, 3.05) is 28.2 Å². The maximum Gasteiger partial charge on any atom is 0.253 e. The van der Waals surface area contributed by atoms with Gasteiger partial charge in [-0.1, -0.05) is 12.1 Å². The molecule has 1 aromatic carbocycles. The molecule has 4 heteroatoms. The van der Waals surface area contributed by atoms with E-state index in [1.165, 1.54) is 15.9 Å². The number of benzene rings is 1. The number of carbonyl (C=O) groups excluding carboxylic acids is 2. The van der Waals surface area contributed by atoms with Gasteiger partial charge >= 0.3 is 0 Å².